The Morgan fingerprint density at radius 2 is 2.03 bits per heavy atom. The Hall–Kier alpha value is -3.12. The lowest BCUT2D eigenvalue weighted by Crippen LogP contribution is -2.39. The summed E-state index contributed by atoms with van der Waals surface area (Å²) >= 11 is 0. The number of imidazole rings is 1. The van der Waals surface area contributed by atoms with Crippen LogP contribution in [-0.2, 0) is 11.3 Å². The van der Waals surface area contributed by atoms with Crippen LogP contribution in [0.15, 0.2) is 54.7 Å². The number of aromatic nitrogens is 2. The molecule has 6 nitrogen and oxygen atoms in total. The summed E-state index contributed by atoms with van der Waals surface area (Å²) in [6, 6.07) is 15.6. The number of carbonyl (C=O) groups excluding carboxylic acids is 1. The first kappa shape index (κ1) is 19.2. The number of methoxy groups -OCH3 is 1. The zero-order valence-corrected chi connectivity index (χ0v) is 16.8. The predicted octanol–water partition coefficient (Wildman–Crippen LogP) is 4.00. The van der Waals surface area contributed by atoms with Gasteiger partial charge in [-0.1, -0.05) is 30.3 Å². The molecular formula is C23H26N4O2. The van der Waals surface area contributed by atoms with Gasteiger partial charge in [-0.25, -0.2) is 4.98 Å². The molecule has 150 valence electrons. The number of rotatable bonds is 6. The Kier molecular flexibility index (Phi) is 5.62. The predicted molar refractivity (Wildman–Crippen MR) is 114 cm³/mol. The fraction of sp³-hybridized carbons (Fsp3) is 0.304. The van der Waals surface area contributed by atoms with Crippen molar-refractivity contribution in [2.45, 2.75) is 32.4 Å². The average Bonchev–Trinajstić information content (AvgIpc) is 3.37. The number of hydrogen-bond donors (Lipinski definition) is 2. The number of para-hydroxylation sites is 1. The number of anilines is 1. The van der Waals surface area contributed by atoms with Crippen LogP contribution in [0, 0.1) is 6.92 Å². The zero-order valence-electron chi connectivity index (χ0n) is 16.8. The Morgan fingerprint density at radius 3 is 2.76 bits per heavy atom. The number of amides is 1. The molecule has 1 aliphatic heterocycles. The number of nitrogens with zero attached hydrogens (tertiary/aromatic N) is 2. The highest BCUT2D eigenvalue weighted by molar-refractivity contribution is 5.98. The Morgan fingerprint density at radius 1 is 1.24 bits per heavy atom. The van der Waals surface area contributed by atoms with Crippen LogP contribution in [0.1, 0.15) is 24.4 Å². The third-order valence-electron chi connectivity index (χ3n) is 5.38. The van der Waals surface area contributed by atoms with Gasteiger partial charge in [0.25, 0.3) is 0 Å². The molecule has 0 spiro atoms. The van der Waals surface area contributed by atoms with Crippen molar-refractivity contribution in [3.8, 4) is 16.9 Å². The van der Waals surface area contributed by atoms with E-state index in [0.717, 1.165) is 53.5 Å². The molecule has 2 heterocycles. The molecule has 1 aromatic heterocycles. The number of aryl methyl sites for hydroxylation is 1. The molecule has 29 heavy (non-hydrogen) atoms. The summed E-state index contributed by atoms with van der Waals surface area (Å²) in [6.07, 6.45) is 3.73. The van der Waals surface area contributed by atoms with Crippen molar-refractivity contribution in [3.05, 3.63) is 66.2 Å². The first-order valence-electron chi connectivity index (χ1n) is 9.93. The maximum absolute atomic E-state index is 13.1. The van der Waals surface area contributed by atoms with Gasteiger partial charge in [-0.3, -0.25) is 9.69 Å². The highest BCUT2D eigenvalue weighted by atomic mass is 16.5. The largest absolute Gasteiger partial charge is 0.497 e. The van der Waals surface area contributed by atoms with Crippen LogP contribution in [0.4, 0.5) is 5.69 Å². The van der Waals surface area contributed by atoms with Crippen LogP contribution in [0.2, 0.25) is 0 Å². The van der Waals surface area contributed by atoms with Gasteiger partial charge in [0, 0.05) is 29.7 Å². The summed E-state index contributed by atoms with van der Waals surface area (Å²) in [6.45, 7) is 3.56. The van der Waals surface area contributed by atoms with Crippen molar-refractivity contribution in [3.63, 3.8) is 0 Å². The highest BCUT2D eigenvalue weighted by Crippen LogP contribution is 2.30. The van der Waals surface area contributed by atoms with Crippen LogP contribution >= 0.6 is 0 Å². The van der Waals surface area contributed by atoms with Crippen molar-refractivity contribution in [2.24, 2.45) is 0 Å². The maximum Gasteiger partial charge on any atom is 0.241 e. The summed E-state index contributed by atoms with van der Waals surface area (Å²) in [5.74, 6) is 1.75. The number of benzene rings is 2. The van der Waals surface area contributed by atoms with Gasteiger partial charge in [0.1, 0.15) is 11.6 Å². The second-order valence-corrected chi connectivity index (χ2v) is 7.39. The zero-order chi connectivity index (χ0) is 20.2. The quantitative estimate of drug-likeness (QED) is 0.668. The van der Waals surface area contributed by atoms with Crippen molar-refractivity contribution >= 4 is 11.6 Å². The van der Waals surface area contributed by atoms with E-state index in [1.54, 1.807) is 7.11 Å². The molecule has 0 unspecified atom stereocenters. The molecule has 2 aromatic carbocycles. The van der Waals surface area contributed by atoms with E-state index in [0.29, 0.717) is 6.54 Å². The molecule has 0 bridgehead atoms. The number of hydrogen-bond acceptors (Lipinski definition) is 4. The second kappa shape index (κ2) is 8.49. The third-order valence-corrected chi connectivity index (χ3v) is 5.38. The van der Waals surface area contributed by atoms with E-state index >= 15 is 0 Å². The molecule has 6 heteroatoms. The molecular weight excluding hydrogens is 364 g/mol. The number of H-pyrrole nitrogens is 1. The molecule has 1 amide bonds. The van der Waals surface area contributed by atoms with Gasteiger partial charge in [0.05, 0.1) is 13.2 Å². The van der Waals surface area contributed by atoms with E-state index < -0.39 is 0 Å². The number of nitrogens with one attached hydrogen (secondary N) is 2. The number of likely N-dealkylation sites (tertiary alicyclic amines) is 1. The minimum atomic E-state index is -0.137. The van der Waals surface area contributed by atoms with Gasteiger partial charge in [-0.2, -0.15) is 0 Å². The van der Waals surface area contributed by atoms with E-state index in [1.165, 1.54) is 0 Å². The molecule has 1 saturated heterocycles. The SMILES string of the molecule is COc1ccc(-c2ccccc2NC(=O)[C@@H]2CCCN2Cc2cnc(C)[nH]2)cc1. The van der Waals surface area contributed by atoms with Gasteiger partial charge in [0.2, 0.25) is 5.91 Å². The second-order valence-electron chi connectivity index (χ2n) is 7.39. The molecule has 1 atom stereocenters. The van der Waals surface area contributed by atoms with Gasteiger partial charge in [0.15, 0.2) is 0 Å². The first-order valence-corrected chi connectivity index (χ1v) is 9.93. The van der Waals surface area contributed by atoms with Crippen molar-refractivity contribution in [1.82, 2.24) is 14.9 Å². The van der Waals surface area contributed by atoms with E-state index in [-0.39, 0.29) is 11.9 Å². The summed E-state index contributed by atoms with van der Waals surface area (Å²) in [7, 11) is 1.65. The molecule has 0 aliphatic carbocycles. The lowest BCUT2D eigenvalue weighted by Gasteiger charge is -2.23. The monoisotopic (exact) mass is 390 g/mol. The van der Waals surface area contributed by atoms with Gasteiger partial charge in [-0.05, 0) is 50.1 Å². The number of ether oxygens (including phenoxy) is 1. The topological polar surface area (TPSA) is 70.2 Å². The fourth-order valence-electron chi connectivity index (χ4n) is 3.91. The minimum Gasteiger partial charge on any atom is -0.497 e. The van der Waals surface area contributed by atoms with Crippen LogP contribution in [-0.4, -0.2) is 40.5 Å². The van der Waals surface area contributed by atoms with Crippen molar-refractivity contribution in [1.29, 1.82) is 0 Å². The van der Waals surface area contributed by atoms with E-state index in [9.17, 15) is 4.79 Å². The first-order chi connectivity index (χ1) is 14.1. The standard InChI is InChI=1S/C23H26N4O2/c1-16-24-14-18(25-16)15-27-13-5-8-22(27)23(28)26-21-7-4-3-6-20(21)17-9-11-19(29-2)12-10-17/h3-4,6-7,9-12,14,22H,5,8,13,15H2,1-2H3,(H,24,25)(H,26,28)/t22-/m0/s1. The summed E-state index contributed by atoms with van der Waals surface area (Å²) in [5, 5.41) is 3.16. The normalized spacial score (nSPS) is 16.7. The Balaban J connectivity index is 1.50. The van der Waals surface area contributed by atoms with Crippen LogP contribution < -0.4 is 10.1 Å². The molecule has 4 rings (SSSR count). The third kappa shape index (κ3) is 4.32. The molecule has 1 fully saturated rings. The van der Waals surface area contributed by atoms with Crippen molar-refractivity contribution < 1.29 is 9.53 Å². The Labute approximate surface area is 170 Å². The molecule has 0 radical (unpaired) electrons. The van der Waals surface area contributed by atoms with Gasteiger partial charge < -0.3 is 15.0 Å². The highest BCUT2D eigenvalue weighted by Gasteiger charge is 2.31. The molecule has 2 N–H and O–H groups in total. The number of carbonyl (C=O) groups is 1. The smallest absolute Gasteiger partial charge is 0.241 e. The van der Waals surface area contributed by atoms with Crippen LogP contribution in [0.25, 0.3) is 11.1 Å². The summed E-state index contributed by atoms with van der Waals surface area (Å²) in [4.78, 5) is 22.8. The maximum atomic E-state index is 13.1. The molecule has 3 aromatic rings. The molecule has 0 saturated carbocycles. The van der Waals surface area contributed by atoms with E-state index in [2.05, 4.69) is 20.2 Å². The minimum absolute atomic E-state index is 0.0414. The van der Waals surface area contributed by atoms with Crippen molar-refractivity contribution in [2.75, 3.05) is 19.0 Å². The summed E-state index contributed by atoms with van der Waals surface area (Å²) in [5.41, 5.74) is 3.91. The Bertz CT molecular complexity index is 981. The lowest BCUT2D eigenvalue weighted by molar-refractivity contribution is -0.120. The fourth-order valence-corrected chi connectivity index (χ4v) is 3.91. The van der Waals surface area contributed by atoms with Crippen LogP contribution in [0.3, 0.4) is 0 Å². The molecule has 1 aliphatic rings. The lowest BCUT2D eigenvalue weighted by atomic mass is 10.0. The van der Waals surface area contributed by atoms with E-state index in [4.69, 9.17) is 4.74 Å². The summed E-state index contributed by atoms with van der Waals surface area (Å²) < 4.78 is 5.25. The van der Waals surface area contributed by atoms with Gasteiger partial charge >= 0.3 is 0 Å². The van der Waals surface area contributed by atoms with Crippen LogP contribution in [0.5, 0.6) is 5.75 Å². The average molecular weight is 390 g/mol. The van der Waals surface area contributed by atoms with E-state index in [1.807, 2.05) is 61.7 Å². The number of aromatic amines is 1. The van der Waals surface area contributed by atoms with Gasteiger partial charge in [-0.15, -0.1) is 0 Å².